The Morgan fingerprint density at radius 2 is 1.76 bits per heavy atom. The Morgan fingerprint density at radius 1 is 1.12 bits per heavy atom. The third-order valence-corrected chi connectivity index (χ3v) is 7.30. The van der Waals surface area contributed by atoms with Gasteiger partial charge in [0.2, 0.25) is 0 Å². The summed E-state index contributed by atoms with van der Waals surface area (Å²) in [5, 5.41) is 16.1. The van der Waals surface area contributed by atoms with Crippen molar-refractivity contribution in [1.82, 2.24) is 10.3 Å². The highest BCUT2D eigenvalue weighted by Crippen LogP contribution is 2.51. The molecule has 0 unspecified atom stereocenters. The number of pyridine rings is 1. The van der Waals surface area contributed by atoms with E-state index in [0.29, 0.717) is 16.8 Å². The molecule has 1 aromatic carbocycles. The summed E-state index contributed by atoms with van der Waals surface area (Å²) in [5.41, 5.74) is 1.96. The Hall–Kier alpha value is -2.90. The molecule has 0 radical (unpaired) electrons. The summed E-state index contributed by atoms with van der Waals surface area (Å²) in [6.07, 6.45) is 7.25. The van der Waals surface area contributed by atoms with Crippen molar-refractivity contribution in [2.45, 2.75) is 51.5 Å². The van der Waals surface area contributed by atoms with Crippen molar-refractivity contribution in [1.29, 1.82) is 0 Å². The first-order valence-electron chi connectivity index (χ1n) is 11.2. The van der Waals surface area contributed by atoms with E-state index in [1.54, 1.807) is 31.2 Å². The lowest BCUT2D eigenvalue weighted by Crippen LogP contribution is -2.54. The third kappa shape index (κ3) is 4.42. The molecule has 2 aliphatic rings. The number of ketones is 1. The van der Waals surface area contributed by atoms with Crippen molar-refractivity contribution < 1.29 is 19.5 Å². The van der Waals surface area contributed by atoms with Gasteiger partial charge in [0.15, 0.2) is 5.78 Å². The largest absolute Gasteiger partial charge is 0.480 e. The lowest BCUT2D eigenvalue weighted by molar-refractivity contribution is -0.140. The molecule has 2 aliphatic carbocycles. The number of carboxylic acid groups (broad SMARTS) is 1. The van der Waals surface area contributed by atoms with Gasteiger partial charge in [-0.2, -0.15) is 0 Å². The number of anilines is 1. The lowest BCUT2D eigenvalue weighted by Gasteiger charge is -2.47. The Morgan fingerprint density at radius 3 is 2.41 bits per heavy atom. The lowest BCUT2D eigenvalue weighted by atomic mass is 9.59. The molecule has 7 nitrogen and oxygen atoms in total. The molecule has 1 atom stereocenters. The monoisotopic (exact) mass is 501 g/mol. The van der Waals surface area contributed by atoms with E-state index >= 15 is 0 Å². The van der Waals surface area contributed by atoms with Crippen LogP contribution in [0.5, 0.6) is 0 Å². The maximum atomic E-state index is 12.9. The predicted octanol–water partition coefficient (Wildman–Crippen LogP) is 5.03. The van der Waals surface area contributed by atoms with Crippen molar-refractivity contribution in [3.05, 3.63) is 69.1 Å². The Kier molecular flexibility index (Phi) is 6.96. The van der Waals surface area contributed by atoms with Gasteiger partial charge in [-0.3, -0.25) is 14.6 Å². The number of rotatable bonds is 7. The predicted molar refractivity (Wildman–Crippen MR) is 130 cm³/mol. The van der Waals surface area contributed by atoms with Crippen LogP contribution in [-0.2, 0) is 16.0 Å². The fraction of sp³-hybridized carbons (Fsp3) is 0.360. The van der Waals surface area contributed by atoms with E-state index in [2.05, 4.69) is 15.6 Å². The highest BCUT2D eigenvalue weighted by Gasteiger charge is 2.52. The Balaban J connectivity index is 1.56. The molecule has 1 spiro atoms. The summed E-state index contributed by atoms with van der Waals surface area (Å²) in [6.45, 7) is 1.75. The number of hydrogen-bond donors (Lipinski definition) is 3. The molecule has 2 aromatic rings. The molecule has 0 bridgehead atoms. The second-order valence-electron chi connectivity index (χ2n) is 8.80. The average molecular weight is 502 g/mol. The number of nitrogens with one attached hydrogen (secondary N) is 2. The van der Waals surface area contributed by atoms with Crippen LogP contribution in [0.4, 0.5) is 5.69 Å². The average Bonchev–Trinajstić information content (AvgIpc) is 2.82. The van der Waals surface area contributed by atoms with E-state index in [-0.39, 0.29) is 27.8 Å². The second kappa shape index (κ2) is 9.76. The molecule has 1 saturated carbocycles. The molecule has 178 valence electrons. The summed E-state index contributed by atoms with van der Waals surface area (Å²) >= 11 is 12.2. The minimum absolute atomic E-state index is 0.0917. The second-order valence-corrected chi connectivity index (χ2v) is 9.61. The van der Waals surface area contributed by atoms with E-state index < -0.39 is 23.3 Å². The van der Waals surface area contributed by atoms with E-state index in [9.17, 15) is 19.5 Å². The van der Waals surface area contributed by atoms with Crippen LogP contribution in [-0.4, -0.2) is 33.8 Å². The Labute approximate surface area is 207 Å². The molecule has 0 saturated heterocycles. The van der Waals surface area contributed by atoms with Crippen molar-refractivity contribution in [3.63, 3.8) is 0 Å². The molecular weight excluding hydrogens is 477 g/mol. The van der Waals surface area contributed by atoms with E-state index in [4.69, 9.17) is 23.2 Å². The first-order valence-corrected chi connectivity index (χ1v) is 11.9. The molecule has 1 heterocycles. The smallest absolute Gasteiger partial charge is 0.326 e. The van der Waals surface area contributed by atoms with Gasteiger partial charge in [-0.05, 0) is 31.4 Å². The zero-order valence-electron chi connectivity index (χ0n) is 18.7. The Bertz CT molecular complexity index is 1170. The molecule has 34 heavy (non-hydrogen) atoms. The van der Waals surface area contributed by atoms with Gasteiger partial charge in [0.25, 0.3) is 5.91 Å². The van der Waals surface area contributed by atoms with Gasteiger partial charge in [-0.25, -0.2) is 4.79 Å². The van der Waals surface area contributed by atoms with E-state index in [0.717, 1.165) is 37.8 Å². The zero-order valence-corrected chi connectivity index (χ0v) is 20.2. The number of para-hydroxylation sites is 1. The number of aliphatic carboxylic acids is 1. The molecule has 4 rings (SSSR count). The van der Waals surface area contributed by atoms with Crippen LogP contribution >= 0.6 is 23.2 Å². The van der Waals surface area contributed by atoms with Crippen LogP contribution in [0.15, 0.2) is 47.9 Å². The first kappa shape index (κ1) is 24.2. The summed E-state index contributed by atoms with van der Waals surface area (Å²) in [5.74, 6) is -1.43. The zero-order chi connectivity index (χ0) is 24.5. The molecule has 9 heteroatoms. The molecule has 0 aliphatic heterocycles. The summed E-state index contributed by atoms with van der Waals surface area (Å²) in [6, 6.07) is 5.99. The van der Waals surface area contributed by atoms with E-state index in [1.807, 2.05) is 0 Å². The number of Topliss-reactive ketones (excluding diaryl/α,β-unsaturated/α-hetero) is 1. The molecule has 1 aromatic heterocycles. The number of halogens is 2. The third-order valence-electron chi connectivity index (χ3n) is 6.72. The van der Waals surface area contributed by atoms with Gasteiger partial charge >= 0.3 is 5.97 Å². The number of carboxylic acids is 1. The summed E-state index contributed by atoms with van der Waals surface area (Å²) in [7, 11) is 0. The molecule has 1 amide bonds. The van der Waals surface area contributed by atoms with Gasteiger partial charge in [0, 0.05) is 35.8 Å². The highest BCUT2D eigenvalue weighted by atomic mass is 35.5. The van der Waals surface area contributed by atoms with Crippen LogP contribution in [0.1, 0.15) is 54.9 Å². The van der Waals surface area contributed by atoms with Crippen LogP contribution in [0.3, 0.4) is 0 Å². The number of hydrogen-bond acceptors (Lipinski definition) is 5. The first-order chi connectivity index (χ1) is 16.2. The number of amides is 1. The number of allylic oxidation sites excluding steroid dienone is 2. The number of aromatic nitrogens is 1. The van der Waals surface area contributed by atoms with Gasteiger partial charge in [0.1, 0.15) is 6.04 Å². The van der Waals surface area contributed by atoms with Crippen molar-refractivity contribution in [3.8, 4) is 0 Å². The molecule has 3 N–H and O–H groups in total. The number of carbonyl (C=O) groups excluding carboxylic acids is 2. The van der Waals surface area contributed by atoms with Gasteiger partial charge < -0.3 is 15.7 Å². The fourth-order valence-electron chi connectivity index (χ4n) is 4.99. The normalized spacial score (nSPS) is 17.8. The topological polar surface area (TPSA) is 108 Å². The number of benzene rings is 1. The van der Waals surface area contributed by atoms with Crippen LogP contribution in [0, 0.1) is 5.41 Å². The minimum atomic E-state index is -1.04. The SMILES string of the molecule is CC1=C(N[C@@H](Cc2ccccc2NC(=O)c2c(Cl)cncc2Cl)C(=O)O)C2(CCCCC2)C1=O. The maximum absolute atomic E-state index is 12.9. The summed E-state index contributed by atoms with van der Waals surface area (Å²) < 4.78 is 0. The van der Waals surface area contributed by atoms with Crippen molar-refractivity contribution in [2.75, 3.05) is 5.32 Å². The maximum Gasteiger partial charge on any atom is 0.326 e. The fourth-order valence-corrected chi connectivity index (χ4v) is 5.53. The van der Waals surface area contributed by atoms with Crippen LogP contribution in [0.2, 0.25) is 10.0 Å². The highest BCUT2D eigenvalue weighted by molar-refractivity contribution is 6.40. The summed E-state index contributed by atoms with van der Waals surface area (Å²) in [4.78, 5) is 41.6. The minimum Gasteiger partial charge on any atom is -0.480 e. The molecule has 1 fully saturated rings. The quantitative estimate of drug-likeness (QED) is 0.490. The van der Waals surface area contributed by atoms with Gasteiger partial charge in [0.05, 0.1) is 21.0 Å². The van der Waals surface area contributed by atoms with Gasteiger partial charge in [-0.1, -0.05) is 60.7 Å². The van der Waals surface area contributed by atoms with E-state index in [1.165, 1.54) is 12.4 Å². The molecular formula is C25H25Cl2N3O4. The number of nitrogens with zero attached hydrogens (tertiary/aromatic N) is 1. The van der Waals surface area contributed by atoms with Crippen LogP contribution in [0.25, 0.3) is 0 Å². The van der Waals surface area contributed by atoms with Crippen molar-refractivity contribution >= 4 is 46.5 Å². The van der Waals surface area contributed by atoms with Gasteiger partial charge in [-0.15, -0.1) is 0 Å². The van der Waals surface area contributed by atoms with Crippen molar-refractivity contribution in [2.24, 2.45) is 5.41 Å². The van der Waals surface area contributed by atoms with Crippen LogP contribution < -0.4 is 10.6 Å². The number of carbonyl (C=O) groups is 3. The standard InChI is InChI=1S/C25H25Cl2N3O4/c1-14-21(25(22(14)31)9-5-2-6-10-25)29-19(24(33)34)11-15-7-3-4-8-18(15)30-23(32)20-16(26)12-28-13-17(20)27/h3-4,7-8,12-13,19,29H,2,5-6,9-11H2,1H3,(H,30,32)(H,33,34)/t19-/m0/s1.